The lowest BCUT2D eigenvalue weighted by molar-refractivity contribution is -0.153. The van der Waals surface area contributed by atoms with Crippen molar-refractivity contribution >= 4 is 0 Å². The van der Waals surface area contributed by atoms with E-state index < -0.39 is 6.10 Å². The fourth-order valence-electron chi connectivity index (χ4n) is 3.28. The van der Waals surface area contributed by atoms with Crippen LogP contribution in [-0.4, -0.2) is 23.4 Å². The van der Waals surface area contributed by atoms with Gasteiger partial charge in [0, 0.05) is 18.4 Å². The Kier molecular flexibility index (Phi) is 3.74. The molecular weight excluding hydrogens is 252 g/mol. The summed E-state index contributed by atoms with van der Waals surface area (Å²) in [6, 6.07) is 6.04. The monoisotopic (exact) mass is 276 g/mol. The highest BCUT2D eigenvalue weighted by Crippen LogP contribution is 2.43. The minimum Gasteiger partial charge on any atom is -0.490 e. The molecule has 3 heteroatoms. The Morgan fingerprint density at radius 1 is 1.40 bits per heavy atom. The molecule has 2 atom stereocenters. The lowest BCUT2D eigenvalue weighted by Crippen LogP contribution is -2.48. The molecule has 1 aliphatic carbocycles. The van der Waals surface area contributed by atoms with Gasteiger partial charge >= 0.3 is 0 Å². The number of rotatable bonds is 3. The van der Waals surface area contributed by atoms with Crippen LogP contribution in [0.25, 0.3) is 0 Å². The fraction of sp³-hybridized carbons (Fsp3) is 0.647. The summed E-state index contributed by atoms with van der Waals surface area (Å²) < 4.78 is 12.1. The zero-order valence-electron chi connectivity index (χ0n) is 12.4. The lowest BCUT2D eigenvalue weighted by Gasteiger charge is -2.47. The van der Waals surface area contributed by atoms with E-state index in [4.69, 9.17) is 9.47 Å². The molecule has 1 aliphatic heterocycles. The van der Waals surface area contributed by atoms with E-state index in [-0.39, 0.29) is 11.7 Å². The van der Waals surface area contributed by atoms with Crippen LogP contribution in [0.3, 0.4) is 0 Å². The number of aliphatic hydroxyl groups is 1. The van der Waals surface area contributed by atoms with E-state index >= 15 is 0 Å². The molecule has 1 aromatic carbocycles. The largest absolute Gasteiger partial charge is 0.490 e. The molecule has 1 saturated carbocycles. The van der Waals surface area contributed by atoms with Crippen molar-refractivity contribution < 1.29 is 14.6 Å². The number of ether oxygens (including phenoxy) is 2. The van der Waals surface area contributed by atoms with Gasteiger partial charge in [-0.25, -0.2) is 0 Å². The van der Waals surface area contributed by atoms with Crippen LogP contribution in [0.2, 0.25) is 0 Å². The topological polar surface area (TPSA) is 38.7 Å². The Labute approximate surface area is 120 Å². The van der Waals surface area contributed by atoms with Crippen LogP contribution >= 0.6 is 0 Å². The molecule has 3 nitrogen and oxygen atoms in total. The van der Waals surface area contributed by atoms with Crippen molar-refractivity contribution in [1.82, 2.24) is 0 Å². The molecule has 0 bridgehead atoms. The molecule has 1 unspecified atom stereocenters. The quantitative estimate of drug-likeness (QED) is 0.918. The molecule has 1 aromatic rings. The predicted molar refractivity (Wildman–Crippen MR) is 78.0 cm³/mol. The summed E-state index contributed by atoms with van der Waals surface area (Å²) >= 11 is 0. The van der Waals surface area contributed by atoms with Gasteiger partial charge in [-0.05, 0) is 45.2 Å². The van der Waals surface area contributed by atoms with Gasteiger partial charge in [0.05, 0.1) is 18.3 Å². The highest BCUT2D eigenvalue weighted by atomic mass is 16.5. The Morgan fingerprint density at radius 3 is 2.85 bits per heavy atom. The first-order chi connectivity index (χ1) is 9.58. The second kappa shape index (κ2) is 5.38. The number of aliphatic hydroxyl groups excluding tert-OH is 1. The first kappa shape index (κ1) is 13.9. The van der Waals surface area contributed by atoms with Crippen LogP contribution in [-0.2, 0) is 4.74 Å². The Balaban J connectivity index is 1.74. The molecule has 110 valence electrons. The first-order valence-corrected chi connectivity index (χ1v) is 7.67. The molecule has 3 rings (SSSR count). The second-order valence-electron chi connectivity index (χ2n) is 6.33. The maximum atomic E-state index is 9.91. The van der Waals surface area contributed by atoms with Crippen molar-refractivity contribution in [2.45, 2.75) is 63.8 Å². The summed E-state index contributed by atoms with van der Waals surface area (Å²) in [4.78, 5) is 0. The standard InChI is InChI=1S/C17H24O3/c1-12-4-5-16(15(10-12)13(2)18)20-14-6-9-19-17(11-14)7-3-8-17/h4-5,10,13-14,18H,3,6-9,11H2,1-2H3/t13-,14?/m0/s1. The maximum absolute atomic E-state index is 9.91. The van der Waals surface area contributed by atoms with Gasteiger partial charge in [0.15, 0.2) is 0 Å². The summed E-state index contributed by atoms with van der Waals surface area (Å²) in [5.74, 6) is 0.826. The van der Waals surface area contributed by atoms with E-state index in [1.54, 1.807) is 6.92 Å². The van der Waals surface area contributed by atoms with Crippen LogP contribution in [0.1, 0.15) is 56.3 Å². The van der Waals surface area contributed by atoms with Crippen molar-refractivity contribution in [1.29, 1.82) is 0 Å². The Hall–Kier alpha value is -1.06. The minimum absolute atomic E-state index is 0.0958. The summed E-state index contributed by atoms with van der Waals surface area (Å²) in [6.07, 6.45) is 5.26. The average Bonchev–Trinajstić information content (AvgIpc) is 2.39. The number of aryl methyl sites for hydroxylation is 1. The Bertz CT molecular complexity index is 477. The molecule has 1 heterocycles. The minimum atomic E-state index is -0.498. The third kappa shape index (κ3) is 2.70. The highest BCUT2D eigenvalue weighted by molar-refractivity contribution is 5.38. The number of hydrogen-bond acceptors (Lipinski definition) is 3. The van der Waals surface area contributed by atoms with Crippen molar-refractivity contribution in [2.75, 3.05) is 6.61 Å². The fourth-order valence-corrected chi connectivity index (χ4v) is 3.28. The van der Waals surface area contributed by atoms with E-state index in [1.807, 2.05) is 25.1 Å². The summed E-state index contributed by atoms with van der Waals surface area (Å²) in [6.45, 7) is 4.62. The van der Waals surface area contributed by atoms with E-state index in [2.05, 4.69) is 0 Å². The third-order valence-electron chi connectivity index (χ3n) is 4.62. The van der Waals surface area contributed by atoms with Crippen LogP contribution < -0.4 is 4.74 Å². The normalized spacial score (nSPS) is 26.1. The molecular formula is C17H24O3. The van der Waals surface area contributed by atoms with Gasteiger partial charge in [-0.2, -0.15) is 0 Å². The van der Waals surface area contributed by atoms with Crippen LogP contribution in [0.5, 0.6) is 5.75 Å². The summed E-state index contributed by atoms with van der Waals surface area (Å²) in [5, 5.41) is 9.91. The van der Waals surface area contributed by atoms with Crippen molar-refractivity contribution in [3.8, 4) is 5.75 Å². The molecule has 2 aliphatic rings. The van der Waals surface area contributed by atoms with Crippen molar-refractivity contribution in [3.05, 3.63) is 29.3 Å². The molecule has 1 spiro atoms. The summed E-state index contributed by atoms with van der Waals surface area (Å²) in [5.41, 5.74) is 2.13. The average molecular weight is 276 g/mol. The van der Waals surface area contributed by atoms with Gasteiger partial charge in [-0.15, -0.1) is 0 Å². The zero-order chi connectivity index (χ0) is 14.2. The maximum Gasteiger partial charge on any atom is 0.125 e. The van der Waals surface area contributed by atoms with Gasteiger partial charge < -0.3 is 14.6 Å². The second-order valence-corrected chi connectivity index (χ2v) is 6.33. The van der Waals surface area contributed by atoms with Crippen molar-refractivity contribution in [3.63, 3.8) is 0 Å². The van der Waals surface area contributed by atoms with Gasteiger partial charge in [0.25, 0.3) is 0 Å². The SMILES string of the molecule is Cc1ccc(OC2CCOC3(CCC3)C2)c([C@H](C)O)c1. The first-order valence-electron chi connectivity index (χ1n) is 7.67. The molecule has 0 amide bonds. The molecule has 1 saturated heterocycles. The highest BCUT2D eigenvalue weighted by Gasteiger charge is 2.43. The number of hydrogen-bond donors (Lipinski definition) is 1. The smallest absolute Gasteiger partial charge is 0.125 e. The Morgan fingerprint density at radius 2 is 2.20 bits per heavy atom. The molecule has 20 heavy (non-hydrogen) atoms. The number of benzene rings is 1. The van der Waals surface area contributed by atoms with E-state index in [1.165, 1.54) is 19.3 Å². The van der Waals surface area contributed by atoms with Crippen LogP contribution in [0, 0.1) is 6.92 Å². The van der Waals surface area contributed by atoms with Gasteiger partial charge in [-0.3, -0.25) is 0 Å². The van der Waals surface area contributed by atoms with Gasteiger partial charge in [0.2, 0.25) is 0 Å². The van der Waals surface area contributed by atoms with E-state index in [0.29, 0.717) is 0 Å². The lowest BCUT2D eigenvalue weighted by atomic mass is 9.74. The predicted octanol–water partition coefficient (Wildman–Crippen LogP) is 3.53. The molecule has 2 fully saturated rings. The molecule has 0 aromatic heterocycles. The molecule has 1 N–H and O–H groups in total. The van der Waals surface area contributed by atoms with Crippen molar-refractivity contribution in [2.24, 2.45) is 0 Å². The van der Waals surface area contributed by atoms with Gasteiger partial charge in [0.1, 0.15) is 11.9 Å². The summed E-state index contributed by atoms with van der Waals surface area (Å²) in [7, 11) is 0. The van der Waals surface area contributed by atoms with Crippen LogP contribution in [0.4, 0.5) is 0 Å². The van der Waals surface area contributed by atoms with E-state index in [0.717, 1.165) is 36.3 Å². The van der Waals surface area contributed by atoms with E-state index in [9.17, 15) is 5.11 Å². The molecule has 0 radical (unpaired) electrons. The van der Waals surface area contributed by atoms with Crippen LogP contribution in [0.15, 0.2) is 18.2 Å². The van der Waals surface area contributed by atoms with Gasteiger partial charge in [-0.1, -0.05) is 11.6 Å². The third-order valence-corrected chi connectivity index (χ3v) is 4.62. The zero-order valence-corrected chi connectivity index (χ0v) is 12.4.